The fraction of sp³-hybridized carbons (Fsp3) is 0.467. The summed E-state index contributed by atoms with van der Waals surface area (Å²) in [4.78, 5) is 24.1. The van der Waals surface area contributed by atoms with E-state index in [9.17, 15) is 9.59 Å². The lowest BCUT2D eigenvalue weighted by Crippen LogP contribution is -2.41. The first kappa shape index (κ1) is 17.2. The maximum absolute atomic E-state index is 12.1. The van der Waals surface area contributed by atoms with Crippen LogP contribution in [-0.4, -0.2) is 26.2 Å². The number of methoxy groups -OCH3 is 2. The first-order valence-corrected chi connectivity index (χ1v) is 6.04. The van der Waals surface area contributed by atoms with Crippen molar-refractivity contribution in [2.45, 2.75) is 26.7 Å². The maximum atomic E-state index is 12.1. The summed E-state index contributed by atoms with van der Waals surface area (Å²) < 4.78 is 9.58. The average molecular weight is 266 g/mol. The molecule has 0 aliphatic carbocycles. The summed E-state index contributed by atoms with van der Waals surface area (Å²) in [5.74, 6) is -1.18. The van der Waals surface area contributed by atoms with E-state index in [-0.39, 0.29) is 12.8 Å². The van der Waals surface area contributed by atoms with Gasteiger partial charge in [-0.25, -0.2) is 0 Å². The molecule has 0 N–H and O–H groups in total. The van der Waals surface area contributed by atoms with Crippen molar-refractivity contribution in [1.29, 1.82) is 0 Å². The monoisotopic (exact) mass is 266 g/mol. The minimum absolute atomic E-state index is 0.212. The summed E-state index contributed by atoms with van der Waals surface area (Å²) in [6.07, 6.45) is 7.32. The molecule has 106 valence electrons. The molecular formula is C15H22O4. The Labute approximate surface area is 114 Å². The van der Waals surface area contributed by atoms with Crippen molar-refractivity contribution in [3.63, 3.8) is 0 Å². The van der Waals surface area contributed by atoms with Gasteiger partial charge in [-0.1, -0.05) is 36.5 Å². The number of carbonyl (C=O) groups excluding carboxylic acids is 2. The third-order valence-electron chi connectivity index (χ3n) is 2.96. The molecule has 0 amide bonds. The smallest absolute Gasteiger partial charge is 0.323 e. The zero-order valence-electron chi connectivity index (χ0n) is 12.1. The van der Waals surface area contributed by atoms with Gasteiger partial charge in [0.1, 0.15) is 0 Å². The molecule has 0 saturated heterocycles. The molecule has 0 saturated carbocycles. The van der Waals surface area contributed by atoms with Crippen LogP contribution in [0.2, 0.25) is 0 Å². The highest BCUT2D eigenvalue weighted by molar-refractivity contribution is 6.00. The predicted molar refractivity (Wildman–Crippen MR) is 74.5 cm³/mol. The van der Waals surface area contributed by atoms with Crippen molar-refractivity contribution in [1.82, 2.24) is 0 Å². The van der Waals surface area contributed by atoms with Crippen LogP contribution in [-0.2, 0) is 19.1 Å². The maximum Gasteiger partial charge on any atom is 0.323 e. The molecule has 0 bridgehead atoms. The van der Waals surface area contributed by atoms with Crippen LogP contribution in [0, 0.1) is 5.41 Å². The molecule has 0 fully saturated rings. The first-order valence-electron chi connectivity index (χ1n) is 6.04. The van der Waals surface area contributed by atoms with Gasteiger partial charge in [-0.2, -0.15) is 0 Å². The van der Waals surface area contributed by atoms with Crippen LogP contribution in [0.4, 0.5) is 0 Å². The lowest BCUT2D eigenvalue weighted by Gasteiger charge is -2.27. The highest BCUT2D eigenvalue weighted by atomic mass is 16.5. The van der Waals surface area contributed by atoms with Gasteiger partial charge < -0.3 is 9.47 Å². The standard InChI is InChI=1S/C15H22O4/c1-6-8-9-10-15(13(16)18-4,14(17)19-5)11-12(3)7-2/h6-9H,1,10-11H2,2-5H3/b9-8-,12-7+. The Kier molecular flexibility index (Phi) is 7.49. The van der Waals surface area contributed by atoms with E-state index in [1.54, 1.807) is 18.2 Å². The van der Waals surface area contributed by atoms with E-state index in [2.05, 4.69) is 6.58 Å². The highest BCUT2D eigenvalue weighted by Gasteiger charge is 2.47. The van der Waals surface area contributed by atoms with Gasteiger partial charge in [-0.05, 0) is 26.7 Å². The van der Waals surface area contributed by atoms with Crippen molar-refractivity contribution in [2.75, 3.05) is 14.2 Å². The second kappa shape index (κ2) is 8.29. The average Bonchev–Trinajstić information content (AvgIpc) is 2.44. The van der Waals surface area contributed by atoms with Crippen molar-refractivity contribution in [3.8, 4) is 0 Å². The number of carbonyl (C=O) groups is 2. The Balaban J connectivity index is 5.56. The van der Waals surface area contributed by atoms with E-state index in [4.69, 9.17) is 9.47 Å². The quantitative estimate of drug-likeness (QED) is 0.308. The summed E-state index contributed by atoms with van der Waals surface area (Å²) in [5.41, 5.74) is -0.414. The molecule has 0 heterocycles. The van der Waals surface area contributed by atoms with Crippen molar-refractivity contribution in [3.05, 3.63) is 36.5 Å². The van der Waals surface area contributed by atoms with Gasteiger partial charge in [0.25, 0.3) is 0 Å². The van der Waals surface area contributed by atoms with Crippen LogP contribution in [0.25, 0.3) is 0 Å². The molecule has 0 aromatic rings. The SMILES string of the molecule is C=C/C=C\CC(C/C(C)=C/C)(C(=O)OC)C(=O)OC. The minimum atomic E-state index is -1.33. The van der Waals surface area contributed by atoms with Gasteiger partial charge in [-0.3, -0.25) is 9.59 Å². The zero-order valence-corrected chi connectivity index (χ0v) is 12.1. The number of hydrogen-bond donors (Lipinski definition) is 0. The number of esters is 2. The summed E-state index contributed by atoms with van der Waals surface area (Å²) >= 11 is 0. The second-order valence-electron chi connectivity index (χ2n) is 4.25. The highest BCUT2D eigenvalue weighted by Crippen LogP contribution is 2.34. The van der Waals surface area contributed by atoms with Gasteiger partial charge in [-0.15, -0.1) is 0 Å². The van der Waals surface area contributed by atoms with E-state index >= 15 is 0 Å². The van der Waals surface area contributed by atoms with Gasteiger partial charge in [0.05, 0.1) is 14.2 Å². The molecule has 4 nitrogen and oxygen atoms in total. The fourth-order valence-corrected chi connectivity index (χ4v) is 1.80. The summed E-state index contributed by atoms with van der Waals surface area (Å²) in [6, 6.07) is 0. The van der Waals surface area contributed by atoms with Crippen LogP contribution in [0.5, 0.6) is 0 Å². The number of allylic oxidation sites excluding steroid dienone is 5. The van der Waals surface area contributed by atoms with Crippen LogP contribution < -0.4 is 0 Å². The molecule has 4 heteroatoms. The zero-order chi connectivity index (χ0) is 14.9. The molecule has 0 aliphatic rings. The molecule has 0 spiro atoms. The molecule has 0 atom stereocenters. The van der Waals surface area contributed by atoms with Crippen LogP contribution in [0.3, 0.4) is 0 Å². The normalized spacial score (nSPS) is 12.3. The van der Waals surface area contributed by atoms with E-state index in [0.717, 1.165) is 5.57 Å². The summed E-state index contributed by atoms with van der Waals surface area (Å²) in [5, 5.41) is 0. The van der Waals surface area contributed by atoms with Gasteiger partial charge in [0.2, 0.25) is 0 Å². The molecule has 0 aromatic heterocycles. The van der Waals surface area contributed by atoms with Gasteiger partial charge in [0.15, 0.2) is 5.41 Å². The van der Waals surface area contributed by atoms with E-state index in [1.165, 1.54) is 14.2 Å². The number of ether oxygens (including phenoxy) is 2. The Morgan fingerprint density at radius 3 is 2.11 bits per heavy atom. The van der Waals surface area contributed by atoms with E-state index < -0.39 is 17.4 Å². The third kappa shape index (κ3) is 4.39. The molecule has 0 aromatic carbocycles. The van der Waals surface area contributed by atoms with Crippen LogP contribution in [0.15, 0.2) is 36.5 Å². The Hall–Kier alpha value is -1.84. The van der Waals surface area contributed by atoms with Crippen molar-refractivity contribution in [2.24, 2.45) is 5.41 Å². The minimum Gasteiger partial charge on any atom is -0.468 e. The fourth-order valence-electron chi connectivity index (χ4n) is 1.80. The molecule has 19 heavy (non-hydrogen) atoms. The molecular weight excluding hydrogens is 244 g/mol. The van der Waals surface area contributed by atoms with Gasteiger partial charge in [0, 0.05) is 0 Å². The Bertz CT molecular complexity index is 375. The predicted octanol–water partition coefficient (Wildman–Crippen LogP) is 2.81. The van der Waals surface area contributed by atoms with Crippen molar-refractivity contribution >= 4 is 11.9 Å². The lowest BCUT2D eigenvalue weighted by atomic mass is 9.78. The Morgan fingerprint density at radius 2 is 1.74 bits per heavy atom. The molecule has 0 unspecified atom stereocenters. The van der Waals surface area contributed by atoms with Crippen LogP contribution in [0.1, 0.15) is 26.7 Å². The van der Waals surface area contributed by atoms with Gasteiger partial charge >= 0.3 is 11.9 Å². The largest absolute Gasteiger partial charge is 0.468 e. The molecule has 0 aliphatic heterocycles. The first-order chi connectivity index (χ1) is 8.98. The van der Waals surface area contributed by atoms with E-state index in [1.807, 2.05) is 19.9 Å². The molecule has 0 rings (SSSR count). The molecule has 0 radical (unpaired) electrons. The topological polar surface area (TPSA) is 52.6 Å². The summed E-state index contributed by atoms with van der Waals surface area (Å²) in [6.45, 7) is 7.27. The number of rotatable bonds is 7. The second-order valence-corrected chi connectivity index (χ2v) is 4.25. The summed E-state index contributed by atoms with van der Waals surface area (Å²) in [7, 11) is 2.53. The number of hydrogen-bond acceptors (Lipinski definition) is 4. The Morgan fingerprint density at radius 1 is 1.21 bits per heavy atom. The third-order valence-corrected chi connectivity index (χ3v) is 2.96. The van der Waals surface area contributed by atoms with Crippen molar-refractivity contribution < 1.29 is 19.1 Å². The lowest BCUT2D eigenvalue weighted by molar-refractivity contribution is -0.168. The van der Waals surface area contributed by atoms with E-state index in [0.29, 0.717) is 0 Å². The van der Waals surface area contributed by atoms with Crippen LogP contribution >= 0.6 is 0 Å².